The molecule has 30 heavy (non-hydrogen) atoms. The van der Waals surface area contributed by atoms with Crippen LogP contribution in [0.3, 0.4) is 0 Å². The highest BCUT2D eigenvalue weighted by Gasteiger charge is 2.46. The minimum absolute atomic E-state index is 0.170. The van der Waals surface area contributed by atoms with Crippen molar-refractivity contribution < 1.29 is 19.4 Å². The van der Waals surface area contributed by atoms with E-state index >= 15 is 0 Å². The number of nitrogens with zero attached hydrogens (tertiary/aromatic N) is 2. The molecule has 0 radical (unpaired) electrons. The van der Waals surface area contributed by atoms with E-state index < -0.39 is 11.7 Å². The molecule has 164 valence electrons. The Morgan fingerprint density at radius 3 is 2.20 bits per heavy atom. The topological polar surface area (TPSA) is 70.1 Å². The van der Waals surface area contributed by atoms with Crippen LogP contribution < -0.4 is 0 Å². The fraction of sp³-hybridized carbons (Fsp3) is 0.667. The van der Waals surface area contributed by atoms with Crippen LogP contribution in [0.25, 0.3) is 0 Å². The van der Waals surface area contributed by atoms with Crippen LogP contribution in [0.4, 0.5) is 9.59 Å². The lowest BCUT2D eigenvalue weighted by atomic mass is 9.96. The predicted molar refractivity (Wildman–Crippen MR) is 115 cm³/mol. The molecule has 2 atom stereocenters. The second-order valence-corrected chi connectivity index (χ2v) is 10.2. The summed E-state index contributed by atoms with van der Waals surface area (Å²) in [6.45, 7) is 7.42. The largest absolute Gasteiger partial charge is 0.465 e. The SMILES string of the molecule is CC(C)(C)OC(=O)N(CC1CCN(C(=O)O)CC1)C1CC1c1ccc(C2CC2)cc1. The summed E-state index contributed by atoms with van der Waals surface area (Å²) in [5, 5.41) is 9.18. The van der Waals surface area contributed by atoms with Gasteiger partial charge >= 0.3 is 12.2 Å². The maximum absolute atomic E-state index is 13.0. The highest BCUT2D eigenvalue weighted by molar-refractivity contribution is 5.69. The van der Waals surface area contributed by atoms with Gasteiger partial charge < -0.3 is 19.6 Å². The summed E-state index contributed by atoms with van der Waals surface area (Å²) in [6.07, 6.45) is 4.06. The van der Waals surface area contributed by atoms with Gasteiger partial charge in [0.1, 0.15) is 5.60 Å². The molecule has 1 N–H and O–H groups in total. The zero-order chi connectivity index (χ0) is 21.5. The molecule has 0 aromatic heterocycles. The third-order valence-electron chi connectivity index (χ3n) is 6.54. The van der Waals surface area contributed by atoms with E-state index in [1.165, 1.54) is 28.9 Å². The molecule has 2 saturated carbocycles. The summed E-state index contributed by atoms with van der Waals surface area (Å²) in [6, 6.07) is 9.14. The number of rotatable bonds is 5. The van der Waals surface area contributed by atoms with Crippen molar-refractivity contribution in [1.29, 1.82) is 0 Å². The maximum atomic E-state index is 13.0. The number of hydrogen-bond donors (Lipinski definition) is 1. The summed E-state index contributed by atoms with van der Waals surface area (Å²) in [5.41, 5.74) is 2.21. The molecule has 0 spiro atoms. The number of benzene rings is 1. The molecule has 1 heterocycles. The summed E-state index contributed by atoms with van der Waals surface area (Å²) in [7, 11) is 0. The average molecular weight is 415 g/mol. The van der Waals surface area contributed by atoms with Gasteiger partial charge in [-0.25, -0.2) is 9.59 Å². The summed E-state index contributed by atoms with van der Waals surface area (Å²) >= 11 is 0. The second-order valence-electron chi connectivity index (χ2n) is 10.2. The summed E-state index contributed by atoms with van der Waals surface area (Å²) in [4.78, 5) is 27.6. The van der Waals surface area contributed by atoms with Gasteiger partial charge in [-0.3, -0.25) is 0 Å². The van der Waals surface area contributed by atoms with Crippen molar-refractivity contribution in [1.82, 2.24) is 9.80 Å². The lowest BCUT2D eigenvalue weighted by Gasteiger charge is -2.34. The van der Waals surface area contributed by atoms with Crippen molar-refractivity contribution in [3.8, 4) is 0 Å². The minimum Gasteiger partial charge on any atom is -0.465 e. The lowest BCUT2D eigenvalue weighted by molar-refractivity contribution is 0.0171. The monoisotopic (exact) mass is 414 g/mol. The highest BCUT2D eigenvalue weighted by atomic mass is 16.6. The van der Waals surface area contributed by atoms with E-state index in [0.29, 0.717) is 31.5 Å². The van der Waals surface area contributed by atoms with Crippen LogP contribution in [0.1, 0.15) is 75.8 Å². The second kappa shape index (κ2) is 8.12. The molecular weight excluding hydrogens is 380 g/mol. The standard InChI is InChI=1S/C24H34N2O4/c1-24(2,3)30-23(29)26(15-16-10-12-25(13-11-16)22(27)28)21-14-20(21)19-8-6-18(7-9-19)17-4-5-17/h6-9,16-17,20-21H,4-5,10-15H2,1-3H3,(H,27,28). The molecule has 1 aromatic rings. The van der Waals surface area contributed by atoms with Crippen LogP contribution in [0.15, 0.2) is 24.3 Å². The van der Waals surface area contributed by atoms with Gasteiger partial charge in [-0.15, -0.1) is 0 Å². The van der Waals surface area contributed by atoms with Crippen molar-refractivity contribution in [3.05, 3.63) is 35.4 Å². The Labute approximate surface area is 179 Å². The van der Waals surface area contributed by atoms with E-state index in [1.807, 2.05) is 25.7 Å². The van der Waals surface area contributed by atoms with Crippen molar-refractivity contribution >= 4 is 12.2 Å². The maximum Gasteiger partial charge on any atom is 0.410 e. The molecule has 6 heteroatoms. The zero-order valence-electron chi connectivity index (χ0n) is 18.3. The number of carbonyl (C=O) groups excluding carboxylic acids is 1. The number of amides is 2. The Hall–Kier alpha value is -2.24. The fourth-order valence-corrected chi connectivity index (χ4v) is 4.57. The van der Waals surface area contributed by atoms with Crippen molar-refractivity contribution in [2.75, 3.05) is 19.6 Å². The van der Waals surface area contributed by atoms with E-state index in [4.69, 9.17) is 4.74 Å². The molecule has 1 aliphatic heterocycles. The van der Waals surface area contributed by atoms with Crippen molar-refractivity contribution in [3.63, 3.8) is 0 Å². The van der Waals surface area contributed by atoms with E-state index in [0.717, 1.165) is 25.2 Å². The number of carboxylic acid groups (broad SMARTS) is 1. The third kappa shape index (κ3) is 5.08. The first-order valence-electron chi connectivity index (χ1n) is 11.3. The third-order valence-corrected chi connectivity index (χ3v) is 6.54. The van der Waals surface area contributed by atoms with Crippen LogP contribution in [0, 0.1) is 5.92 Å². The molecule has 3 aliphatic rings. The first-order chi connectivity index (χ1) is 14.2. The van der Waals surface area contributed by atoms with Gasteiger partial charge in [-0.1, -0.05) is 24.3 Å². The van der Waals surface area contributed by atoms with Gasteiger partial charge in [-0.2, -0.15) is 0 Å². The number of hydrogen-bond acceptors (Lipinski definition) is 3. The summed E-state index contributed by atoms with van der Waals surface area (Å²) in [5.74, 6) is 1.43. The first-order valence-corrected chi connectivity index (χ1v) is 11.3. The Balaban J connectivity index is 1.41. The molecule has 1 saturated heterocycles. The Kier molecular flexibility index (Phi) is 5.69. The highest BCUT2D eigenvalue weighted by Crippen LogP contribution is 2.47. The summed E-state index contributed by atoms with van der Waals surface area (Å²) < 4.78 is 5.73. The number of carbonyl (C=O) groups is 2. The average Bonchev–Trinajstić information content (AvgIpc) is 3.59. The quantitative estimate of drug-likeness (QED) is 0.732. The van der Waals surface area contributed by atoms with Gasteiger partial charge in [0, 0.05) is 31.6 Å². The number of likely N-dealkylation sites (tertiary alicyclic amines) is 1. The number of ether oxygens (including phenoxy) is 1. The molecule has 1 aromatic carbocycles. The van der Waals surface area contributed by atoms with Crippen LogP contribution in [0.2, 0.25) is 0 Å². The van der Waals surface area contributed by atoms with Crippen molar-refractivity contribution in [2.45, 2.75) is 76.4 Å². The van der Waals surface area contributed by atoms with Crippen molar-refractivity contribution in [2.24, 2.45) is 5.92 Å². The van der Waals surface area contributed by atoms with Gasteiger partial charge in [0.2, 0.25) is 0 Å². The zero-order valence-corrected chi connectivity index (χ0v) is 18.3. The lowest BCUT2D eigenvalue weighted by Crippen LogP contribution is -2.45. The van der Waals surface area contributed by atoms with Gasteiger partial charge in [-0.05, 0) is 75.8 Å². The van der Waals surface area contributed by atoms with Crippen LogP contribution in [-0.2, 0) is 4.74 Å². The van der Waals surface area contributed by atoms with Gasteiger partial charge in [0.05, 0.1) is 0 Å². The van der Waals surface area contributed by atoms with E-state index in [2.05, 4.69) is 24.3 Å². The van der Waals surface area contributed by atoms with Gasteiger partial charge in [0.15, 0.2) is 0 Å². The predicted octanol–water partition coefficient (Wildman–Crippen LogP) is 5.05. The Bertz CT molecular complexity index is 773. The van der Waals surface area contributed by atoms with Crippen LogP contribution in [0.5, 0.6) is 0 Å². The normalized spacial score (nSPS) is 24.4. The van der Waals surface area contributed by atoms with E-state index in [1.54, 1.807) is 0 Å². The molecule has 2 amide bonds. The molecule has 3 fully saturated rings. The first kappa shape index (κ1) is 21.0. The van der Waals surface area contributed by atoms with Crippen LogP contribution >= 0.6 is 0 Å². The Morgan fingerprint density at radius 1 is 1.07 bits per heavy atom. The van der Waals surface area contributed by atoms with E-state index in [9.17, 15) is 14.7 Å². The Morgan fingerprint density at radius 2 is 1.67 bits per heavy atom. The molecule has 2 unspecified atom stereocenters. The molecule has 4 rings (SSSR count). The molecule has 2 aliphatic carbocycles. The number of piperidine rings is 1. The van der Waals surface area contributed by atoms with Crippen LogP contribution in [-0.4, -0.2) is 58.4 Å². The van der Waals surface area contributed by atoms with Gasteiger partial charge in [0.25, 0.3) is 0 Å². The smallest absolute Gasteiger partial charge is 0.410 e. The molecule has 0 bridgehead atoms. The minimum atomic E-state index is -0.852. The molecular formula is C24H34N2O4. The van der Waals surface area contributed by atoms with E-state index in [-0.39, 0.29) is 12.1 Å². The molecule has 6 nitrogen and oxygen atoms in total. The fourth-order valence-electron chi connectivity index (χ4n) is 4.57.